The molecular formula is C32H20Br2N4O2Se. The molecule has 0 radical (unpaired) electrons. The molecule has 41 heavy (non-hydrogen) atoms. The van der Waals surface area contributed by atoms with Crippen molar-refractivity contribution in [1.82, 2.24) is 0 Å². The summed E-state index contributed by atoms with van der Waals surface area (Å²) in [6.07, 6.45) is 3.57. The number of fused-ring (bicyclic) bond motifs is 2. The van der Waals surface area contributed by atoms with Crippen LogP contribution < -0.4 is 31.7 Å². The van der Waals surface area contributed by atoms with Crippen LogP contribution in [0.3, 0.4) is 0 Å². The molecule has 0 bridgehead atoms. The number of benzene rings is 4. The van der Waals surface area contributed by atoms with Gasteiger partial charge >= 0.3 is 260 Å². The van der Waals surface area contributed by atoms with Crippen LogP contribution in [0.4, 0.5) is 11.4 Å². The maximum absolute atomic E-state index is 13.9. The number of nitrogens with one attached hydrogen (secondary N) is 2. The first kappa shape index (κ1) is 27.3. The van der Waals surface area contributed by atoms with Gasteiger partial charge in [0.2, 0.25) is 0 Å². The van der Waals surface area contributed by atoms with Crippen molar-refractivity contribution >= 4 is 102 Å². The number of halogens is 2. The summed E-state index contributed by atoms with van der Waals surface area (Å²) in [5.74, 6) is -0.403. The van der Waals surface area contributed by atoms with Gasteiger partial charge in [0.05, 0.1) is 0 Å². The molecule has 0 aliphatic heterocycles. The topological polar surface area (TPSA) is 82.9 Å². The number of carbonyl (C=O) groups is 2. The molecule has 200 valence electrons. The molecule has 0 aromatic heterocycles. The Kier molecular flexibility index (Phi) is 7.94. The van der Waals surface area contributed by atoms with E-state index in [9.17, 15) is 9.59 Å². The van der Waals surface area contributed by atoms with E-state index in [4.69, 9.17) is 0 Å². The number of ketones is 2. The second-order valence-corrected chi connectivity index (χ2v) is 13.1. The Labute approximate surface area is 258 Å². The summed E-state index contributed by atoms with van der Waals surface area (Å²) in [6.45, 7) is 0. The fraction of sp³-hybridized carbons (Fsp3) is 0. The first-order chi connectivity index (χ1) is 20.0. The number of hydrogen-bond donors (Lipinski definition) is 2. The molecule has 6 rings (SSSR count). The van der Waals surface area contributed by atoms with Crippen LogP contribution in [0.15, 0.2) is 116 Å². The van der Waals surface area contributed by atoms with Gasteiger partial charge in [-0.1, -0.05) is 0 Å². The van der Waals surface area contributed by atoms with E-state index in [0.29, 0.717) is 8.94 Å². The molecule has 4 aromatic carbocycles. The van der Waals surface area contributed by atoms with E-state index in [1.807, 2.05) is 97.1 Å². The fourth-order valence-electron chi connectivity index (χ4n) is 4.33. The summed E-state index contributed by atoms with van der Waals surface area (Å²) < 4.78 is 3.05. The van der Waals surface area contributed by atoms with Crippen LogP contribution in [-0.2, 0) is 9.59 Å². The minimum absolute atomic E-state index is 0.202. The second-order valence-electron chi connectivity index (χ2n) is 9.11. The first-order valence-corrected chi connectivity index (χ1v) is 15.8. The zero-order valence-corrected chi connectivity index (χ0v) is 26.2. The van der Waals surface area contributed by atoms with E-state index in [2.05, 4.69) is 52.9 Å². The van der Waals surface area contributed by atoms with Crippen molar-refractivity contribution in [2.45, 2.75) is 0 Å². The molecule has 9 heteroatoms. The van der Waals surface area contributed by atoms with Gasteiger partial charge in [-0.2, -0.15) is 0 Å². The number of rotatable bonds is 6. The van der Waals surface area contributed by atoms with E-state index in [0.717, 1.165) is 41.2 Å². The Balaban J connectivity index is 1.40. The van der Waals surface area contributed by atoms with Crippen molar-refractivity contribution in [2.24, 2.45) is 10.2 Å². The molecule has 2 N–H and O–H groups in total. The predicted molar refractivity (Wildman–Crippen MR) is 173 cm³/mol. The van der Waals surface area contributed by atoms with Crippen LogP contribution in [0, 0.1) is 0 Å². The quantitative estimate of drug-likeness (QED) is 0.235. The maximum atomic E-state index is 13.9. The van der Waals surface area contributed by atoms with Gasteiger partial charge in [0, 0.05) is 0 Å². The predicted octanol–water partition coefficient (Wildman–Crippen LogP) is 3.50. The molecular weight excluding hydrogens is 711 g/mol. The molecule has 6 nitrogen and oxygen atoms in total. The molecule has 0 amide bonds. The van der Waals surface area contributed by atoms with E-state index in [1.54, 1.807) is 12.2 Å². The molecule has 0 fully saturated rings. The third-order valence-corrected chi connectivity index (χ3v) is 9.99. The molecule has 0 atom stereocenters. The summed E-state index contributed by atoms with van der Waals surface area (Å²) in [7, 11) is 0. The molecule has 2 aliphatic rings. The van der Waals surface area contributed by atoms with Crippen molar-refractivity contribution in [2.75, 3.05) is 10.9 Å². The van der Waals surface area contributed by atoms with Gasteiger partial charge in [0.25, 0.3) is 0 Å². The number of carbonyl (C=O) groups excluding carboxylic acids is 2. The summed E-state index contributed by atoms with van der Waals surface area (Å²) in [5, 5.41) is 12.3. The summed E-state index contributed by atoms with van der Waals surface area (Å²) in [5.41, 5.74) is 8.08. The van der Waals surface area contributed by atoms with Crippen molar-refractivity contribution in [1.29, 1.82) is 0 Å². The number of Topliss-reactive ketones (excluding diaryl/α,β-unsaturated/α-hetero) is 2. The third kappa shape index (κ3) is 5.94. The van der Waals surface area contributed by atoms with Gasteiger partial charge in [-0.25, -0.2) is 0 Å². The van der Waals surface area contributed by atoms with Crippen molar-refractivity contribution in [3.05, 3.63) is 127 Å². The monoisotopic (exact) mass is 730 g/mol. The summed E-state index contributed by atoms with van der Waals surface area (Å²) >= 11 is 6.23. The van der Waals surface area contributed by atoms with E-state index in [-0.39, 0.29) is 23.0 Å². The molecule has 0 saturated heterocycles. The molecule has 4 aromatic rings. The van der Waals surface area contributed by atoms with Gasteiger partial charge in [-0.15, -0.1) is 0 Å². The van der Waals surface area contributed by atoms with E-state index >= 15 is 0 Å². The van der Waals surface area contributed by atoms with Gasteiger partial charge in [0.15, 0.2) is 0 Å². The minimum atomic E-state index is -0.625. The van der Waals surface area contributed by atoms with Crippen LogP contribution in [0.2, 0.25) is 0 Å². The normalized spacial score (nSPS) is 16.1. The van der Waals surface area contributed by atoms with Crippen LogP contribution in [0.5, 0.6) is 0 Å². The number of hydrazone groups is 2. The molecule has 0 saturated carbocycles. The van der Waals surface area contributed by atoms with Crippen molar-refractivity contribution < 1.29 is 9.59 Å². The third-order valence-electron chi connectivity index (χ3n) is 6.38. The Morgan fingerprint density at radius 3 is 1.34 bits per heavy atom. The van der Waals surface area contributed by atoms with E-state index in [1.165, 1.54) is 0 Å². The zero-order valence-electron chi connectivity index (χ0n) is 21.3. The second kappa shape index (κ2) is 11.9. The van der Waals surface area contributed by atoms with Gasteiger partial charge in [-0.05, 0) is 0 Å². The Morgan fingerprint density at radius 1 is 0.537 bits per heavy atom. The van der Waals surface area contributed by atoms with Crippen LogP contribution in [-0.4, -0.2) is 37.9 Å². The first-order valence-electron chi connectivity index (χ1n) is 12.5. The average Bonchev–Trinajstić information content (AvgIpc) is 2.99. The van der Waals surface area contributed by atoms with Crippen LogP contribution >= 0.6 is 31.9 Å². The van der Waals surface area contributed by atoms with Gasteiger partial charge in [-0.3, -0.25) is 0 Å². The Bertz CT molecular complexity index is 1870. The van der Waals surface area contributed by atoms with Gasteiger partial charge in [0.1, 0.15) is 0 Å². The number of nitrogens with zero attached hydrogens (tertiary/aromatic N) is 2. The number of hydrogen-bond acceptors (Lipinski definition) is 6. The van der Waals surface area contributed by atoms with Crippen LogP contribution in [0.1, 0.15) is 0 Å². The number of anilines is 2. The molecule has 0 heterocycles. The zero-order chi connectivity index (χ0) is 28.3. The van der Waals surface area contributed by atoms with E-state index < -0.39 is 15.0 Å². The van der Waals surface area contributed by atoms with Crippen LogP contribution in [0.25, 0.3) is 21.1 Å². The molecule has 0 unspecified atom stereocenters. The standard InChI is InChI=1S/C32H20Br2N4O2Se/c33-21-9-13-23(14-10-21)35-37-27-17-19-5-1-3-7-25(19)31(29(27)39)41-32-26-8-4-2-6-20(26)18-28(30(32)40)38-36-24-15-11-22(34)12-16-24/h1-18,35-36H. The fourth-order valence-corrected chi connectivity index (χ4v) is 7.36. The molecule has 2 aliphatic carbocycles. The SMILES string of the molecule is O=C1C(=NNc2ccc(Br)cc2)C=c2ccccc2=C1[Se]C1=c2ccccc2=CC(=NNc2ccc(Br)cc2)C1=O. The van der Waals surface area contributed by atoms with Crippen molar-refractivity contribution in [3.63, 3.8) is 0 Å². The Hall–Kier alpha value is -3.88. The summed E-state index contributed by atoms with van der Waals surface area (Å²) in [4.78, 5) is 27.7. The Morgan fingerprint density at radius 2 is 0.927 bits per heavy atom. The average molecular weight is 731 g/mol. The summed E-state index contributed by atoms with van der Waals surface area (Å²) in [6, 6.07) is 30.5. The van der Waals surface area contributed by atoms with Crippen molar-refractivity contribution in [3.8, 4) is 0 Å². The molecule has 0 spiro atoms. The van der Waals surface area contributed by atoms with Gasteiger partial charge < -0.3 is 0 Å².